The average Bonchev–Trinajstić information content (AvgIpc) is 2.47. The molecular weight excluding hydrogens is 321 g/mol. The Morgan fingerprint density at radius 2 is 1.70 bits per heavy atom. The lowest BCUT2D eigenvalue weighted by atomic mass is 10.1. The largest absolute Gasteiger partial charge is 0.427 e. The number of esters is 1. The molecule has 0 aromatic heterocycles. The van der Waals surface area contributed by atoms with Crippen LogP contribution in [0.15, 0.2) is 48.5 Å². The fraction of sp³-hybridized carbons (Fsp3) is 0.188. The van der Waals surface area contributed by atoms with E-state index in [1.54, 1.807) is 12.1 Å². The normalized spacial score (nSPS) is 11.0. The summed E-state index contributed by atoms with van der Waals surface area (Å²) in [6.07, 6.45) is 1.66. The van der Waals surface area contributed by atoms with Crippen LogP contribution in [0, 0.1) is 5.82 Å². The first-order chi connectivity index (χ1) is 10.8. The number of benzene rings is 2. The molecule has 23 heavy (non-hydrogen) atoms. The monoisotopic (exact) mass is 337 g/mol. The van der Waals surface area contributed by atoms with E-state index < -0.39 is 16.0 Å². The SMILES string of the molecule is CS(=O)(=O)Nc1ccc(OC(=O)CCc2ccc(F)cc2)cc1. The molecule has 0 heterocycles. The lowest BCUT2D eigenvalue weighted by molar-refractivity contribution is -0.134. The molecule has 0 aliphatic heterocycles. The molecule has 0 fully saturated rings. The van der Waals surface area contributed by atoms with Gasteiger partial charge in [0.15, 0.2) is 0 Å². The average molecular weight is 337 g/mol. The first kappa shape index (κ1) is 17.0. The number of sulfonamides is 1. The summed E-state index contributed by atoms with van der Waals surface area (Å²) in [6.45, 7) is 0. The van der Waals surface area contributed by atoms with Crippen LogP contribution in [0.2, 0.25) is 0 Å². The quantitative estimate of drug-likeness (QED) is 0.650. The molecule has 0 atom stereocenters. The zero-order valence-electron chi connectivity index (χ0n) is 12.5. The predicted octanol–water partition coefficient (Wildman–Crippen LogP) is 2.74. The minimum Gasteiger partial charge on any atom is -0.427 e. The van der Waals surface area contributed by atoms with Crippen molar-refractivity contribution in [3.63, 3.8) is 0 Å². The highest BCUT2D eigenvalue weighted by molar-refractivity contribution is 7.92. The maximum atomic E-state index is 12.8. The van der Waals surface area contributed by atoms with Gasteiger partial charge in [0.25, 0.3) is 0 Å². The predicted molar refractivity (Wildman–Crippen MR) is 85.3 cm³/mol. The maximum Gasteiger partial charge on any atom is 0.311 e. The molecule has 0 spiro atoms. The first-order valence-corrected chi connectivity index (χ1v) is 8.74. The van der Waals surface area contributed by atoms with E-state index in [0.29, 0.717) is 17.9 Å². The van der Waals surface area contributed by atoms with E-state index in [0.717, 1.165) is 11.8 Å². The van der Waals surface area contributed by atoms with Crippen LogP contribution >= 0.6 is 0 Å². The number of hydrogen-bond acceptors (Lipinski definition) is 4. The molecule has 0 saturated carbocycles. The Morgan fingerprint density at radius 3 is 2.26 bits per heavy atom. The molecule has 0 saturated heterocycles. The molecular formula is C16H16FNO4S. The van der Waals surface area contributed by atoms with Crippen molar-refractivity contribution in [2.75, 3.05) is 11.0 Å². The van der Waals surface area contributed by atoms with E-state index in [2.05, 4.69) is 4.72 Å². The highest BCUT2D eigenvalue weighted by atomic mass is 32.2. The molecule has 2 aromatic rings. The van der Waals surface area contributed by atoms with Crippen LogP contribution < -0.4 is 9.46 Å². The molecule has 1 N–H and O–H groups in total. The Bertz CT molecular complexity index is 771. The van der Waals surface area contributed by atoms with Gasteiger partial charge in [0.05, 0.1) is 6.26 Å². The summed E-state index contributed by atoms with van der Waals surface area (Å²) < 4.78 is 42.4. The van der Waals surface area contributed by atoms with Crippen molar-refractivity contribution in [2.24, 2.45) is 0 Å². The lowest BCUT2D eigenvalue weighted by Crippen LogP contribution is -2.10. The molecule has 0 aliphatic carbocycles. The third-order valence-electron chi connectivity index (χ3n) is 2.92. The number of hydrogen-bond donors (Lipinski definition) is 1. The molecule has 0 unspecified atom stereocenters. The van der Waals surface area contributed by atoms with Gasteiger partial charge in [0.1, 0.15) is 11.6 Å². The van der Waals surface area contributed by atoms with E-state index in [9.17, 15) is 17.6 Å². The topological polar surface area (TPSA) is 72.5 Å². The van der Waals surface area contributed by atoms with Crippen LogP contribution in [0.3, 0.4) is 0 Å². The van der Waals surface area contributed by atoms with E-state index in [-0.39, 0.29) is 12.2 Å². The van der Waals surface area contributed by atoms with Gasteiger partial charge in [-0.3, -0.25) is 9.52 Å². The van der Waals surface area contributed by atoms with Crippen LogP contribution in [-0.2, 0) is 21.2 Å². The second-order valence-corrected chi connectivity index (χ2v) is 6.75. The molecule has 0 amide bonds. The summed E-state index contributed by atoms with van der Waals surface area (Å²) in [7, 11) is -3.34. The molecule has 0 aliphatic rings. The van der Waals surface area contributed by atoms with Gasteiger partial charge in [0, 0.05) is 12.1 Å². The Hall–Kier alpha value is -2.41. The first-order valence-electron chi connectivity index (χ1n) is 6.85. The summed E-state index contributed by atoms with van der Waals surface area (Å²) in [5.74, 6) is -0.412. The fourth-order valence-corrected chi connectivity index (χ4v) is 2.45. The number of carbonyl (C=O) groups is 1. The van der Waals surface area contributed by atoms with E-state index in [1.807, 2.05) is 0 Å². The third-order valence-corrected chi connectivity index (χ3v) is 3.53. The van der Waals surface area contributed by atoms with Crippen LogP contribution in [-0.4, -0.2) is 20.6 Å². The number of rotatable bonds is 6. The maximum absolute atomic E-state index is 12.8. The molecule has 2 aromatic carbocycles. The molecule has 2 rings (SSSR count). The van der Waals surface area contributed by atoms with Gasteiger partial charge in [-0.25, -0.2) is 12.8 Å². The highest BCUT2D eigenvalue weighted by Gasteiger charge is 2.07. The van der Waals surface area contributed by atoms with Crippen molar-refractivity contribution in [3.8, 4) is 5.75 Å². The summed E-state index contributed by atoms with van der Waals surface area (Å²) in [6, 6.07) is 11.9. The molecule has 122 valence electrons. The van der Waals surface area contributed by atoms with Gasteiger partial charge in [-0.2, -0.15) is 0 Å². The van der Waals surface area contributed by atoms with Crippen molar-refractivity contribution in [3.05, 3.63) is 59.9 Å². The molecule has 7 heteroatoms. The Morgan fingerprint density at radius 1 is 1.09 bits per heavy atom. The minimum atomic E-state index is -3.34. The van der Waals surface area contributed by atoms with Crippen LogP contribution in [0.1, 0.15) is 12.0 Å². The van der Waals surface area contributed by atoms with Gasteiger partial charge in [0.2, 0.25) is 10.0 Å². The zero-order valence-corrected chi connectivity index (χ0v) is 13.3. The fourth-order valence-electron chi connectivity index (χ4n) is 1.89. The number of ether oxygens (including phenoxy) is 1. The smallest absolute Gasteiger partial charge is 0.311 e. The van der Waals surface area contributed by atoms with Crippen molar-refractivity contribution in [1.82, 2.24) is 0 Å². The minimum absolute atomic E-state index is 0.162. The summed E-state index contributed by atoms with van der Waals surface area (Å²) in [5, 5.41) is 0. The van der Waals surface area contributed by atoms with Crippen LogP contribution in [0.4, 0.5) is 10.1 Å². The van der Waals surface area contributed by atoms with E-state index >= 15 is 0 Å². The van der Waals surface area contributed by atoms with E-state index in [1.165, 1.54) is 36.4 Å². The Balaban J connectivity index is 1.86. The van der Waals surface area contributed by atoms with Gasteiger partial charge in [-0.05, 0) is 48.4 Å². The van der Waals surface area contributed by atoms with Crippen molar-refractivity contribution >= 4 is 21.7 Å². The van der Waals surface area contributed by atoms with Gasteiger partial charge >= 0.3 is 5.97 Å². The van der Waals surface area contributed by atoms with Gasteiger partial charge in [-0.15, -0.1) is 0 Å². The Kier molecular flexibility index (Phi) is 5.33. The van der Waals surface area contributed by atoms with E-state index in [4.69, 9.17) is 4.74 Å². The molecule has 0 bridgehead atoms. The number of anilines is 1. The number of halogens is 1. The summed E-state index contributed by atoms with van der Waals surface area (Å²) >= 11 is 0. The molecule has 0 radical (unpaired) electrons. The lowest BCUT2D eigenvalue weighted by Gasteiger charge is -2.07. The zero-order chi connectivity index (χ0) is 16.9. The number of aryl methyl sites for hydroxylation is 1. The van der Waals surface area contributed by atoms with Crippen LogP contribution in [0.5, 0.6) is 5.75 Å². The second kappa shape index (κ2) is 7.23. The number of carbonyl (C=O) groups excluding carboxylic acids is 1. The second-order valence-electron chi connectivity index (χ2n) is 5.00. The van der Waals surface area contributed by atoms with Crippen LogP contribution in [0.25, 0.3) is 0 Å². The Labute approximate surface area is 134 Å². The van der Waals surface area contributed by atoms with Crippen molar-refractivity contribution in [2.45, 2.75) is 12.8 Å². The standard InChI is InChI=1S/C16H16FNO4S/c1-23(20,21)18-14-7-9-15(10-8-14)22-16(19)11-4-12-2-5-13(17)6-3-12/h2-3,5-10,18H,4,11H2,1H3. The third kappa shape index (κ3) is 6.07. The van der Waals surface area contributed by atoms with Crippen molar-refractivity contribution in [1.29, 1.82) is 0 Å². The highest BCUT2D eigenvalue weighted by Crippen LogP contribution is 2.17. The van der Waals surface area contributed by atoms with Gasteiger partial charge in [-0.1, -0.05) is 12.1 Å². The summed E-state index contributed by atoms with van der Waals surface area (Å²) in [4.78, 5) is 11.8. The summed E-state index contributed by atoms with van der Waals surface area (Å²) in [5.41, 5.74) is 1.23. The van der Waals surface area contributed by atoms with Gasteiger partial charge < -0.3 is 4.74 Å². The van der Waals surface area contributed by atoms with Crippen molar-refractivity contribution < 1.29 is 22.3 Å². The molecule has 5 nitrogen and oxygen atoms in total. The number of nitrogens with one attached hydrogen (secondary N) is 1.